The maximum Gasteiger partial charge on any atom is 0.308 e. The maximum atomic E-state index is 12.7. The number of imide groups is 1. The van der Waals surface area contributed by atoms with Crippen LogP contribution in [0.5, 0.6) is 5.75 Å². The highest BCUT2D eigenvalue weighted by Crippen LogP contribution is 2.53. The van der Waals surface area contributed by atoms with Crippen LogP contribution >= 0.6 is 0 Å². The number of fused-ring (bicyclic) bond motifs is 5. The molecule has 1 aliphatic heterocycles. The van der Waals surface area contributed by atoms with E-state index in [1.807, 2.05) is 0 Å². The van der Waals surface area contributed by atoms with E-state index >= 15 is 0 Å². The molecule has 2 fully saturated rings. The van der Waals surface area contributed by atoms with Crippen molar-refractivity contribution >= 4 is 23.5 Å². The highest BCUT2D eigenvalue weighted by Gasteiger charge is 2.59. The van der Waals surface area contributed by atoms with E-state index in [0.29, 0.717) is 11.4 Å². The van der Waals surface area contributed by atoms with Gasteiger partial charge >= 0.3 is 5.97 Å². The predicted octanol–water partition coefficient (Wildman–Crippen LogP) is 1.92. The van der Waals surface area contributed by atoms with E-state index in [1.54, 1.807) is 24.3 Å². The molecule has 5 nitrogen and oxygen atoms in total. The van der Waals surface area contributed by atoms with E-state index in [1.165, 1.54) is 11.8 Å². The summed E-state index contributed by atoms with van der Waals surface area (Å²) in [4.78, 5) is 37.7. The number of benzene rings is 1. The topological polar surface area (TPSA) is 63.7 Å². The lowest BCUT2D eigenvalue weighted by Crippen LogP contribution is -2.32. The fraction of sp³-hybridized carbons (Fsp3) is 0.353. The minimum Gasteiger partial charge on any atom is -0.427 e. The number of ether oxygens (including phenoxy) is 1. The zero-order chi connectivity index (χ0) is 15.4. The van der Waals surface area contributed by atoms with Crippen LogP contribution in [0.2, 0.25) is 0 Å². The summed E-state index contributed by atoms with van der Waals surface area (Å²) in [7, 11) is 0. The third-order valence-electron chi connectivity index (χ3n) is 4.81. The number of amides is 2. The van der Waals surface area contributed by atoms with Gasteiger partial charge in [0.25, 0.3) is 0 Å². The zero-order valence-electron chi connectivity index (χ0n) is 12.1. The molecular weight excluding hydrogens is 282 g/mol. The van der Waals surface area contributed by atoms with Crippen LogP contribution in [-0.4, -0.2) is 17.8 Å². The summed E-state index contributed by atoms with van der Waals surface area (Å²) in [6.45, 7) is 1.31. The Bertz CT molecular complexity index is 693. The number of carbonyl (C=O) groups excluding carboxylic acids is 3. The number of hydrogen-bond acceptors (Lipinski definition) is 4. The first kappa shape index (κ1) is 13.2. The van der Waals surface area contributed by atoms with Gasteiger partial charge in [-0.3, -0.25) is 14.4 Å². The van der Waals surface area contributed by atoms with Gasteiger partial charge in [0, 0.05) is 13.0 Å². The summed E-state index contributed by atoms with van der Waals surface area (Å²) in [6.07, 6.45) is 5.04. The highest BCUT2D eigenvalue weighted by molar-refractivity contribution is 6.22. The lowest BCUT2D eigenvalue weighted by molar-refractivity contribution is -0.132. The van der Waals surface area contributed by atoms with Crippen LogP contribution in [0.3, 0.4) is 0 Å². The number of anilines is 1. The SMILES string of the molecule is CC(=O)Oc1cccc(N2C(=O)[C@@H]3[C@H](C2=O)[C@H]2C=C[C@H]3C2)c1. The molecule has 0 unspecified atom stereocenters. The van der Waals surface area contributed by atoms with E-state index in [0.717, 1.165) is 6.42 Å². The molecule has 1 saturated carbocycles. The van der Waals surface area contributed by atoms with Gasteiger partial charge in [-0.15, -0.1) is 0 Å². The Balaban J connectivity index is 1.68. The van der Waals surface area contributed by atoms with Gasteiger partial charge in [0.15, 0.2) is 0 Å². The van der Waals surface area contributed by atoms with Gasteiger partial charge in [-0.25, -0.2) is 4.90 Å². The van der Waals surface area contributed by atoms with Gasteiger partial charge in [-0.05, 0) is 30.4 Å². The molecule has 112 valence electrons. The van der Waals surface area contributed by atoms with Crippen LogP contribution in [0, 0.1) is 23.7 Å². The molecule has 1 heterocycles. The van der Waals surface area contributed by atoms with Crippen molar-refractivity contribution in [2.24, 2.45) is 23.7 Å². The van der Waals surface area contributed by atoms with E-state index in [2.05, 4.69) is 12.2 Å². The second-order valence-corrected chi connectivity index (χ2v) is 6.10. The molecule has 2 bridgehead atoms. The Kier molecular flexibility index (Phi) is 2.73. The Morgan fingerprint density at radius 1 is 1.14 bits per heavy atom. The van der Waals surface area contributed by atoms with Crippen molar-refractivity contribution in [1.29, 1.82) is 0 Å². The second-order valence-electron chi connectivity index (χ2n) is 6.10. The average Bonchev–Trinajstić information content (AvgIpc) is 3.12. The van der Waals surface area contributed by atoms with Crippen molar-refractivity contribution < 1.29 is 19.1 Å². The fourth-order valence-corrected chi connectivity index (χ4v) is 4.01. The van der Waals surface area contributed by atoms with Gasteiger partial charge in [-0.2, -0.15) is 0 Å². The van der Waals surface area contributed by atoms with Gasteiger partial charge in [-0.1, -0.05) is 18.2 Å². The minimum absolute atomic E-state index is 0.133. The predicted molar refractivity (Wildman–Crippen MR) is 78.0 cm³/mol. The van der Waals surface area contributed by atoms with Crippen molar-refractivity contribution in [3.8, 4) is 5.75 Å². The first-order chi connectivity index (χ1) is 10.6. The molecule has 5 heteroatoms. The summed E-state index contributed by atoms with van der Waals surface area (Å²) in [5.41, 5.74) is 0.475. The third kappa shape index (κ3) is 1.75. The average molecular weight is 297 g/mol. The molecule has 2 aliphatic carbocycles. The largest absolute Gasteiger partial charge is 0.427 e. The molecule has 22 heavy (non-hydrogen) atoms. The third-order valence-corrected chi connectivity index (χ3v) is 4.81. The molecule has 4 rings (SSSR count). The van der Waals surface area contributed by atoms with Crippen LogP contribution in [-0.2, 0) is 14.4 Å². The minimum atomic E-state index is -0.435. The Labute approximate surface area is 127 Å². The quantitative estimate of drug-likeness (QED) is 0.362. The standard InChI is InChI=1S/C17H15NO4/c1-9(19)22-13-4-2-3-12(8-13)18-16(20)14-10-5-6-11(7-10)15(14)17(18)21/h2-6,8,10-11,14-15H,7H2,1H3/t10-,11-,14-,15+/m0/s1. The summed E-state index contributed by atoms with van der Waals surface area (Å²) in [6, 6.07) is 6.56. The Hall–Kier alpha value is -2.43. The number of allylic oxidation sites excluding steroid dienone is 2. The van der Waals surface area contributed by atoms with Gasteiger partial charge in [0.2, 0.25) is 11.8 Å². The van der Waals surface area contributed by atoms with Crippen LogP contribution < -0.4 is 9.64 Å². The molecule has 0 aromatic heterocycles. The lowest BCUT2D eigenvalue weighted by atomic mass is 9.85. The highest BCUT2D eigenvalue weighted by atomic mass is 16.5. The van der Waals surface area contributed by atoms with Crippen LogP contribution in [0.4, 0.5) is 5.69 Å². The normalized spacial score (nSPS) is 31.8. The number of hydrogen-bond donors (Lipinski definition) is 0. The summed E-state index contributed by atoms with van der Waals surface area (Å²) >= 11 is 0. The molecule has 4 atom stereocenters. The van der Waals surface area contributed by atoms with Gasteiger partial charge in [0.1, 0.15) is 5.75 Å². The number of rotatable bonds is 2. The first-order valence-electron chi connectivity index (χ1n) is 7.41. The summed E-state index contributed by atoms with van der Waals surface area (Å²) < 4.78 is 5.03. The fourth-order valence-electron chi connectivity index (χ4n) is 4.01. The second kappa shape index (κ2) is 4.53. The van der Waals surface area contributed by atoms with Crippen molar-refractivity contribution in [2.75, 3.05) is 4.90 Å². The van der Waals surface area contributed by atoms with Crippen molar-refractivity contribution in [3.05, 3.63) is 36.4 Å². The van der Waals surface area contributed by atoms with Gasteiger partial charge in [0.05, 0.1) is 17.5 Å². The van der Waals surface area contributed by atoms with E-state index in [-0.39, 0.29) is 35.5 Å². The van der Waals surface area contributed by atoms with Crippen LogP contribution in [0.15, 0.2) is 36.4 Å². The zero-order valence-corrected chi connectivity index (χ0v) is 12.1. The van der Waals surface area contributed by atoms with Crippen molar-refractivity contribution in [2.45, 2.75) is 13.3 Å². The Morgan fingerprint density at radius 3 is 2.36 bits per heavy atom. The molecule has 2 amide bonds. The molecule has 0 radical (unpaired) electrons. The van der Waals surface area contributed by atoms with Crippen LogP contribution in [0.1, 0.15) is 13.3 Å². The maximum absolute atomic E-state index is 12.7. The molecule has 3 aliphatic rings. The lowest BCUT2D eigenvalue weighted by Gasteiger charge is -2.17. The van der Waals surface area contributed by atoms with Crippen molar-refractivity contribution in [3.63, 3.8) is 0 Å². The van der Waals surface area contributed by atoms with Crippen molar-refractivity contribution in [1.82, 2.24) is 0 Å². The number of carbonyl (C=O) groups is 3. The Morgan fingerprint density at radius 2 is 1.77 bits per heavy atom. The summed E-state index contributed by atoms with van der Waals surface area (Å²) in [5.74, 6) is -0.432. The monoisotopic (exact) mass is 297 g/mol. The smallest absolute Gasteiger partial charge is 0.308 e. The number of esters is 1. The van der Waals surface area contributed by atoms with Crippen LogP contribution in [0.25, 0.3) is 0 Å². The first-order valence-corrected chi connectivity index (χ1v) is 7.41. The van der Waals surface area contributed by atoms with Gasteiger partial charge < -0.3 is 4.74 Å². The number of nitrogens with zero attached hydrogens (tertiary/aromatic N) is 1. The summed E-state index contributed by atoms with van der Waals surface area (Å²) in [5, 5.41) is 0. The molecule has 0 spiro atoms. The van der Waals surface area contributed by atoms with E-state index in [9.17, 15) is 14.4 Å². The molecule has 0 N–H and O–H groups in total. The molecule has 1 aromatic rings. The molecule has 1 aromatic carbocycles. The molecular formula is C17H15NO4. The molecule has 1 saturated heterocycles. The van der Waals surface area contributed by atoms with E-state index < -0.39 is 5.97 Å². The van der Waals surface area contributed by atoms with E-state index in [4.69, 9.17) is 4.74 Å².